The van der Waals surface area contributed by atoms with Crippen molar-refractivity contribution >= 4 is 5.70 Å². The minimum Gasteiger partial charge on any atom is -0.496 e. The van der Waals surface area contributed by atoms with Gasteiger partial charge in [0.25, 0.3) is 0 Å². The number of methoxy groups -OCH3 is 1. The van der Waals surface area contributed by atoms with Crippen LogP contribution in [-0.4, -0.2) is 39.0 Å². The fourth-order valence-electron chi connectivity index (χ4n) is 3.82. The first-order chi connectivity index (χ1) is 14.5. The molecule has 3 N–H and O–H groups in total. The second kappa shape index (κ2) is 10.3. The summed E-state index contributed by atoms with van der Waals surface area (Å²) in [5.41, 5.74) is 3.69. The summed E-state index contributed by atoms with van der Waals surface area (Å²) in [6.45, 7) is 7.06. The quantitative estimate of drug-likeness (QED) is 0.375. The molecule has 1 fully saturated rings. The molecule has 3 rings (SSSR count). The van der Waals surface area contributed by atoms with E-state index < -0.39 is 0 Å². The predicted octanol–water partition coefficient (Wildman–Crippen LogP) is 3.68. The molecule has 1 aliphatic rings. The molecular formula is C23H31N5O2. The minimum atomic E-state index is 0.0286. The first-order valence-electron chi connectivity index (χ1n) is 10.1. The second-order valence-electron chi connectivity index (χ2n) is 7.63. The predicted molar refractivity (Wildman–Crippen MR) is 119 cm³/mol. The van der Waals surface area contributed by atoms with Gasteiger partial charge in [-0.3, -0.25) is 0 Å². The molecule has 0 radical (unpaired) electrons. The highest BCUT2D eigenvalue weighted by Crippen LogP contribution is 2.34. The SMILES string of the molecule is C=C(N=NN(C)N)c1ccc(OC)c(COCC2(c3ccccc3)CCNCC2)c1. The molecule has 2 aromatic carbocycles. The zero-order valence-electron chi connectivity index (χ0n) is 17.8. The summed E-state index contributed by atoms with van der Waals surface area (Å²) in [6, 6.07) is 16.5. The Bertz CT molecular complexity index is 861. The Labute approximate surface area is 178 Å². The van der Waals surface area contributed by atoms with Gasteiger partial charge in [-0.15, -0.1) is 5.11 Å². The topological polar surface area (TPSA) is 84.5 Å². The van der Waals surface area contributed by atoms with Crippen LogP contribution in [-0.2, 0) is 16.8 Å². The van der Waals surface area contributed by atoms with Crippen LogP contribution in [0.1, 0.15) is 29.5 Å². The molecule has 1 saturated heterocycles. The van der Waals surface area contributed by atoms with E-state index in [0.717, 1.165) is 47.9 Å². The lowest BCUT2D eigenvalue weighted by Crippen LogP contribution is -2.43. The number of rotatable bonds is 9. The number of hydrazine groups is 1. The van der Waals surface area contributed by atoms with E-state index in [1.54, 1.807) is 14.2 Å². The molecule has 0 amide bonds. The van der Waals surface area contributed by atoms with Gasteiger partial charge in [0.1, 0.15) is 5.75 Å². The van der Waals surface area contributed by atoms with Crippen LogP contribution >= 0.6 is 0 Å². The van der Waals surface area contributed by atoms with E-state index in [0.29, 0.717) is 18.9 Å². The second-order valence-corrected chi connectivity index (χ2v) is 7.63. The van der Waals surface area contributed by atoms with Crippen molar-refractivity contribution in [2.75, 3.05) is 33.9 Å². The molecule has 1 heterocycles. The third-order valence-electron chi connectivity index (χ3n) is 5.50. The summed E-state index contributed by atoms with van der Waals surface area (Å²) in [4.78, 5) is 0. The largest absolute Gasteiger partial charge is 0.496 e. The van der Waals surface area contributed by atoms with Crippen molar-refractivity contribution in [1.29, 1.82) is 0 Å². The van der Waals surface area contributed by atoms with Crippen LogP contribution in [0.2, 0.25) is 0 Å². The summed E-state index contributed by atoms with van der Waals surface area (Å²) < 4.78 is 11.8. The molecular weight excluding hydrogens is 378 g/mol. The Hall–Kier alpha value is -2.74. The fraction of sp³-hybridized carbons (Fsp3) is 0.391. The summed E-state index contributed by atoms with van der Waals surface area (Å²) in [6.07, 6.45) is 2.11. The van der Waals surface area contributed by atoms with Crippen molar-refractivity contribution in [1.82, 2.24) is 10.4 Å². The number of nitrogens with zero attached hydrogens (tertiary/aromatic N) is 3. The summed E-state index contributed by atoms with van der Waals surface area (Å²) >= 11 is 0. The van der Waals surface area contributed by atoms with E-state index in [1.165, 1.54) is 5.56 Å². The Morgan fingerprint density at radius 2 is 1.93 bits per heavy atom. The number of ether oxygens (including phenoxy) is 2. The van der Waals surface area contributed by atoms with Crippen molar-refractivity contribution < 1.29 is 9.47 Å². The first-order valence-corrected chi connectivity index (χ1v) is 10.1. The molecule has 30 heavy (non-hydrogen) atoms. The zero-order valence-corrected chi connectivity index (χ0v) is 17.8. The molecule has 2 aromatic rings. The van der Waals surface area contributed by atoms with Gasteiger partial charge in [0.2, 0.25) is 0 Å². The number of piperidine rings is 1. The molecule has 0 aromatic heterocycles. The highest BCUT2D eigenvalue weighted by atomic mass is 16.5. The van der Waals surface area contributed by atoms with Crippen LogP contribution in [0, 0.1) is 0 Å². The third-order valence-corrected chi connectivity index (χ3v) is 5.50. The number of nitrogens with two attached hydrogens (primary N) is 1. The van der Waals surface area contributed by atoms with E-state index >= 15 is 0 Å². The monoisotopic (exact) mass is 409 g/mol. The van der Waals surface area contributed by atoms with Gasteiger partial charge in [0.05, 0.1) is 26.0 Å². The molecule has 7 nitrogen and oxygen atoms in total. The maximum Gasteiger partial charge on any atom is 0.124 e. The van der Waals surface area contributed by atoms with E-state index in [2.05, 4.69) is 52.6 Å². The smallest absolute Gasteiger partial charge is 0.124 e. The van der Waals surface area contributed by atoms with E-state index in [-0.39, 0.29) is 5.41 Å². The maximum atomic E-state index is 6.27. The average Bonchev–Trinajstić information content (AvgIpc) is 2.78. The Morgan fingerprint density at radius 3 is 2.60 bits per heavy atom. The minimum absolute atomic E-state index is 0.0286. The highest BCUT2D eigenvalue weighted by Gasteiger charge is 2.34. The van der Waals surface area contributed by atoms with Gasteiger partial charge < -0.3 is 14.8 Å². The van der Waals surface area contributed by atoms with Crippen LogP contribution < -0.4 is 15.9 Å². The Morgan fingerprint density at radius 1 is 1.20 bits per heavy atom. The zero-order chi connectivity index (χ0) is 21.4. The Kier molecular flexibility index (Phi) is 7.57. The van der Waals surface area contributed by atoms with Crippen molar-refractivity contribution in [2.24, 2.45) is 16.2 Å². The van der Waals surface area contributed by atoms with E-state index in [1.807, 2.05) is 18.2 Å². The molecule has 0 bridgehead atoms. The van der Waals surface area contributed by atoms with Crippen molar-refractivity contribution in [2.45, 2.75) is 24.9 Å². The summed E-state index contributed by atoms with van der Waals surface area (Å²) in [7, 11) is 3.27. The lowest BCUT2D eigenvalue weighted by molar-refractivity contribution is 0.0555. The van der Waals surface area contributed by atoms with E-state index in [9.17, 15) is 0 Å². The van der Waals surface area contributed by atoms with Gasteiger partial charge in [0.15, 0.2) is 0 Å². The number of benzene rings is 2. The molecule has 0 aliphatic carbocycles. The van der Waals surface area contributed by atoms with Crippen molar-refractivity contribution in [3.05, 3.63) is 71.8 Å². The summed E-state index contributed by atoms with van der Waals surface area (Å²) in [5.74, 6) is 6.26. The molecule has 0 spiro atoms. The molecule has 1 aliphatic heterocycles. The Balaban J connectivity index is 1.73. The van der Waals surface area contributed by atoms with Gasteiger partial charge in [-0.05, 0) is 49.7 Å². The van der Waals surface area contributed by atoms with Gasteiger partial charge >= 0.3 is 0 Å². The lowest BCUT2D eigenvalue weighted by atomic mass is 9.74. The molecule has 0 unspecified atom stereocenters. The third kappa shape index (κ3) is 5.44. The fourth-order valence-corrected chi connectivity index (χ4v) is 3.82. The van der Waals surface area contributed by atoms with Crippen LogP contribution in [0.15, 0.2) is 65.4 Å². The van der Waals surface area contributed by atoms with Gasteiger partial charge in [0, 0.05) is 23.6 Å². The van der Waals surface area contributed by atoms with E-state index in [4.69, 9.17) is 15.3 Å². The summed E-state index contributed by atoms with van der Waals surface area (Å²) in [5, 5.41) is 12.4. The van der Waals surface area contributed by atoms with Crippen LogP contribution in [0.25, 0.3) is 5.70 Å². The van der Waals surface area contributed by atoms with Crippen LogP contribution in [0.4, 0.5) is 0 Å². The molecule has 0 saturated carbocycles. The maximum absolute atomic E-state index is 6.27. The number of hydrogen-bond donors (Lipinski definition) is 2. The van der Waals surface area contributed by atoms with Crippen LogP contribution in [0.5, 0.6) is 5.75 Å². The first kappa shape index (κ1) is 22.0. The van der Waals surface area contributed by atoms with Gasteiger partial charge in [-0.25, -0.2) is 11.0 Å². The lowest BCUT2D eigenvalue weighted by Gasteiger charge is -2.38. The van der Waals surface area contributed by atoms with Crippen molar-refractivity contribution in [3.63, 3.8) is 0 Å². The molecule has 0 atom stereocenters. The van der Waals surface area contributed by atoms with Gasteiger partial charge in [-0.1, -0.05) is 42.1 Å². The number of hydrogen-bond acceptors (Lipinski definition) is 6. The highest BCUT2D eigenvalue weighted by molar-refractivity contribution is 5.63. The molecule has 160 valence electrons. The van der Waals surface area contributed by atoms with Crippen molar-refractivity contribution in [3.8, 4) is 5.75 Å². The number of nitrogens with one attached hydrogen (secondary N) is 1. The van der Waals surface area contributed by atoms with Gasteiger partial charge in [-0.2, -0.15) is 0 Å². The standard InChI is InChI=1S/C23H31N5O2/c1-18(26-27-28(2)24)19-9-10-22(29-3)20(15-19)16-30-17-23(11-13-25-14-12-23)21-7-5-4-6-8-21/h4-10,15,25H,1,11-14,16-17,24H2,2-3H3. The normalized spacial score (nSPS) is 15.8. The van der Waals surface area contributed by atoms with Crippen LogP contribution in [0.3, 0.4) is 0 Å². The molecule has 7 heteroatoms. The average molecular weight is 410 g/mol.